The highest BCUT2D eigenvalue weighted by atomic mass is 32.2. The first-order valence-electron chi connectivity index (χ1n) is 6.71. The van der Waals surface area contributed by atoms with Crippen LogP contribution in [-0.4, -0.2) is 84.4 Å². The minimum absolute atomic E-state index is 0.120. The first-order valence-corrected chi connectivity index (χ1v) is 8.39. The van der Waals surface area contributed by atoms with E-state index in [-0.39, 0.29) is 36.6 Å². The lowest BCUT2D eigenvalue weighted by Gasteiger charge is -1.98. The number of aldehydes is 6. The highest BCUT2D eigenvalue weighted by Gasteiger charge is 2.22. The summed E-state index contributed by atoms with van der Waals surface area (Å²) in [6.45, 7) is -0.260. The molecule has 144 valence electrons. The molecule has 4 unspecified atom stereocenters. The topological polar surface area (TPSA) is 187 Å². The zero-order chi connectivity index (χ0) is 20.1. The quantitative estimate of drug-likeness (QED) is 0.165. The van der Waals surface area contributed by atoms with Gasteiger partial charge in [0.15, 0.2) is 12.6 Å². The lowest BCUT2D eigenvalue weighted by molar-refractivity contribution is -0.122. The van der Waals surface area contributed by atoms with Crippen LogP contribution in [0.5, 0.6) is 0 Å². The van der Waals surface area contributed by atoms with Gasteiger partial charge in [-0.25, -0.2) is 0 Å². The maximum absolute atomic E-state index is 10.1. The molecule has 0 amide bonds. The van der Waals surface area contributed by atoms with Crippen LogP contribution in [-0.2, 0) is 28.8 Å². The number of thiol groups is 1. The summed E-state index contributed by atoms with van der Waals surface area (Å²) < 4.78 is 0. The third-order valence-electron chi connectivity index (χ3n) is 1.95. The van der Waals surface area contributed by atoms with Crippen molar-refractivity contribution in [3.63, 3.8) is 0 Å². The van der Waals surface area contributed by atoms with E-state index in [4.69, 9.17) is 26.2 Å². The van der Waals surface area contributed by atoms with E-state index in [0.29, 0.717) is 24.1 Å². The number of aliphatic hydroxyl groups is 1. The Hall–Kier alpha value is -1.44. The van der Waals surface area contributed by atoms with Crippen LogP contribution in [0, 0.1) is 0 Å². The summed E-state index contributed by atoms with van der Waals surface area (Å²) in [7, 11) is 0. The van der Waals surface area contributed by atoms with Crippen molar-refractivity contribution < 1.29 is 33.9 Å². The van der Waals surface area contributed by atoms with E-state index in [1.807, 2.05) is 0 Å². The zero-order valence-electron chi connectivity index (χ0n) is 13.3. The molecule has 1 aliphatic heterocycles. The molecule has 1 fully saturated rings. The van der Waals surface area contributed by atoms with Crippen LogP contribution < -0.4 is 16.8 Å². The first kappa shape index (κ1) is 28.4. The number of carbonyl (C=O) groups excluding carboxylic acids is 6. The molecule has 1 saturated heterocycles. The maximum Gasteiger partial charge on any atom is 0.182 e. The summed E-state index contributed by atoms with van der Waals surface area (Å²) >= 11 is 5.20. The molecule has 4 atom stereocenters. The molecule has 1 heterocycles. The predicted octanol–water partition coefficient (Wildman–Crippen LogP) is -3.25. The third kappa shape index (κ3) is 22.6. The lowest BCUT2D eigenvalue weighted by atomic mass is 10.4. The number of hydrogen-bond donors (Lipinski definition) is 5. The van der Waals surface area contributed by atoms with Gasteiger partial charge in [0.1, 0.15) is 30.5 Å². The van der Waals surface area contributed by atoms with E-state index in [9.17, 15) is 19.2 Å². The second kappa shape index (κ2) is 22.6. The highest BCUT2D eigenvalue weighted by Crippen LogP contribution is 2.14. The normalized spacial score (nSPS) is 19.7. The van der Waals surface area contributed by atoms with Crippen LogP contribution in [0.2, 0.25) is 0 Å². The van der Waals surface area contributed by atoms with E-state index >= 15 is 0 Å². The molecule has 1 aliphatic rings. The molecule has 1 rings (SSSR count). The minimum atomic E-state index is -0.690. The van der Waals surface area contributed by atoms with E-state index in [2.05, 4.69) is 17.9 Å². The van der Waals surface area contributed by atoms with E-state index in [1.165, 1.54) is 11.8 Å². The van der Waals surface area contributed by atoms with Crippen molar-refractivity contribution in [2.75, 3.05) is 18.1 Å². The average molecular weight is 397 g/mol. The summed E-state index contributed by atoms with van der Waals surface area (Å²) in [4.78, 5) is 56.8. The SMILES string of the molecule is NC(C=O)CO.NC(C=O)CS.O=CC1CSC(C=O)N1.O=CC=O. The van der Waals surface area contributed by atoms with Crippen LogP contribution in [0.25, 0.3) is 0 Å². The van der Waals surface area contributed by atoms with Crippen LogP contribution in [0.1, 0.15) is 0 Å². The van der Waals surface area contributed by atoms with Crippen molar-refractivity contribution in [2.24, 2.45) is 11.5 Å². The summed E-state index contributed by atoms with van der Waals surface area (Å²) in [5, 5.41) is 10.6. The molecular weight excluding hydrogens is 374 g/mol. The van der Waals surface area contributed by atoms with Crippen LogP contribution in [0.4, 0.5) is 0 Å². The Balaban J connectivity index is -0.000000271. The maximum atomic E-state index is 10.1. The van der Waals surface area contributed by atoms with Gasteiger partial charge in [0.05, 0.1) is 24.7 Å². The third-order valence-corrected chi connectivity index (χ3v) is 3.53. The van der Waals surface area contributed by atoms with Crippen molar-refractivity contribution >= 4 is 62.1 Å². The number of hydrogen-bond acceptors (Lipinski definition) is 12. The van der Waals surface area contributed by atoms with Gasteiger partial charge in [-0.1, -0.05) is 0 Å². The summed E-state index contributed by atoms with van der Waals surface area (Å²) in [5.41, 5.74) is 9.88. The first-order chi connectivity index (χ1) is 11.9. The van der Waals surface area contributed by atoms with Crippen LogP contribution in [0.15, 0.2) is 0 Å². The standard InChI is InChI=1S/C5H7NO2S.C3H7NO2.C3H7NOS.C2H2O2/c7-1-4-3-9-5(2-8)6-4;2*4-3(1-5)2-6;3-1-2-4/h1-2,4-6H,3H2;2*1,3,6H,2,4H2;1-2H. The summed E-state index contributed by atoms with van der Waals surface area (Å²) in [6, 6.07) is -1.19. The van der Waals surface area contributed by atoms with Gasteiger partial charge in [0, 0.05) is 11.5 Å². The van der Waals surface area contributed by atoms with Gasteiger partial charge in [-0.3, -0.25) is 14.9 Å². The zero-order valence-corrected chi connectivity index (χ0v) is 15.0. The minimum Gasteiger partial charge on any atom is -0.394 e. The smallest absolute Gasteiger partial charge is 0.182 e. The molecule has 10 nitrogen and oxygen atoms in total. The fourth-order valence-electron chi connectivity index (χ4n) is 0.758. The largest absolute Gasteiger partial charge is 0.394 e. The molecule has 6 N–H and O–H groups in total. The Morgan fingerprint density at radius 3 is 1.68 bits per heavy atom. The molecule has 0 aromatic heterocycles. The molecule has 0 saturated carbocycles. The molecule has 0 aromatic carbocycles. The van der Waals surface area contributed by atoms with Crippen molar-refractivity contribution in [2.45, 2.75) is 23.5 Å². The molecule has 0 aromatic rings. The Bertz CT molecular complexity index is 355. The number of aliphatic hydroxyl groups excluding tert-OH is 1. The van der Waals surface area contributed by atoms with Crippen molar-refractivity contribution in [1.29, 1.82) is 0 Å². The number of nitrogens with one attached hydrogen (secondary N) is 1. The van der Waals surface area contributed by atoms with Crippen LogP contribution >= 0.6 is 24.4 Å². The van der Waals surface area contributed by atoms with Gasteiger partial charge in [0.25, 0.3) is 0 Å². The average Bonchev–Trinajstić information content (AvgIpc) is 3.16. The fraction of sp³-hybridized carbons (Fsp3) is 0.538. The fourth-order valence-corrected chi connectivity index (χ4v) is 1.78. The number of thioether (sulfide) groups is 1. The highest BCUT2D eigenvalue weighted by molar-refractivity contribution is 8.00. The second-order valence-corrected chi connectivity index (χ2v) is 5.58. The Morgan fingerprint density at radius 1 is 1.04 bits per heavy atom. The number of nitrogens with two attached hydrogens (primary N) is 2. The number of rotatable bonds is 7. The van der Waals surface area contributed by atoms with Gasteiger partial charge in [-0.15, -0.1) is 11.8 Å². The summed E-state index contributed by atoms with van der Waals surface area (Å²) in [6.07, 6.45) is 3.21. The van der Waals surface area contributed by atoms with Crippen LogP contribution in [0.3, 0.4) is 0 Å². The molecule has 25 heavy (non-hydrogen) atoms. The molecule has 12 heteroatoms. The summed E-state index contributed by atoms with van der Waals surface area (Å²) in [5.74, 6) is 1.15. The Labute approximate surface area is 154 Å². The Morgan fingerprint density at radius 2 is 1.56 bits per heavy atom. The van der Waals surface area contributed by atoms with Gasteiger partial charge in [-0.05, 0) is 0 Å². The predicted molar refractivity (Wildman–Crippen MR) is 96.4 cm³/mol. The molecule has 0 bridgehead atoms. The molecule has 0 spiro atoms. The van der Waals surface area contributed by atoms with Gasteiger partial charge in [-0.2, -0.15) is 12.6 Å². The number of carbonyl (C=O) groups is 6. The van der Waals surface area contributed by atoms with Gasteiger partial charge < -0.3 is 35.8 Å². The molecule has 0 radical (unpaired) electrons. The molecule has 0 aliphatic carbocycles. The monoisotopic (exact) mass is 397 g/mol. The van der Waals surface area contributed by atoms with Crippen molar-refractivity contribution in [3.05, 3.63) is 0 Å². The molecular formula is C13H23N3O7S2. The second-order valence-electron chi connectivity index (χ2n) is 4.04. The van der Waals surface area contributed by atoms with Gasteiger partial charge in [0.2, 0.25) is 0 Å². The van der Waals surface area contributed by atoms with Crippen molar-refractivity contribution in [1.82, 2.24) is 5.32 Å². The lowest BCUT2D eigenvalue weighted by Crippen LogP contribution is -2.31. The van der Waals surface area contributed by atoms with E-state index in [1.54, 1.807) is 0 Å². The van der Waals surface area contributed by atoms with E-state index in [0.717, 1.165) is 12.6 Å². The Kier molecular flexibility index (Phi) is 25.6. The van der Waals surface area contributed by atoms with Gasteiger partial charge >= 0.3 is 0 Å². The van der Waals surface area contributed by atoms with Crippen molar-refractivity contribution in [3.8, 4) is 0 Å². The van der Waals surface area contributed by atoms with E-state index < -0.39 is 6.04 Å².